The minimum absolute atomic E-state index is 0.122. The molecule has 2 rings (SSSR count). The molecule has 4 nitrogen and oxygen atoms in total. The Bertz CT molecular complexity index is 384. The first-order valence-corrected chi connectivity index (χ1v) is 6.24. The molecule has 5 heteroatoms. The topological polar surface area (TPSA) is 47.3 Å². The van der Waals surface area contributed by atoms with Gasteiger partial charge in [-0.15, -0.1) is 0 Å². The molecule has 0 radical (unpaired) electrons. The lowest BCUT2D eigenvalue weighted by Gasteiger charge is -2.24. The molecule has 0 saturated carbocycles. The summed E-state index contributed by atoms with van der Waals surface area (Å²) in [6.07, 6.45) is 1.72. The second-order valence-electron chi connectivity index (χ2n) is 4.61. The van der Waals surface area contributed by atoms with E-state index in [0.717, 1.165) is 35.3 Å². The third-order valence-electron chi connectivity index (χ3n) is 3.32. The molecule has 16 heavy (non-hydrogen) atoms. The van der Waals surface area contributed by atoms with Crippen LogP contribution in [0.3, 0.4) is 0 Å². The normalized spacial score (nSPS) is 25.2. The summed E-state index contributed by atoms with van der Waals surface area (Å²) in [5.41, 5.74) is 2.00. The van der Waals surface area contributed by atoms with Gasteiger partial charge in [-0.2, -0.15) is 5.10 Å². The van der Waals surface area contributed by atoms with Crippen LogP contribution in [0.5, 0.6) is 0 Å². The fourth-order valence-corrected chi connectivity index (χ4v) is 2.67. The number of hydrogen-bond donors (Lipinski definition) is 1. The van der Waals surface area contributed by atoms with Crippen LogP contribution < -0.4 is 0 Å². The van der Waals surface area contributed by atoms with E-state index < -0.39 is 0 Å². The van der Waals surface area contributed by atoms with E-state index in [2.05, 4.69) is 21.0 Å². The fourth-order valence-electron chi connectivity index (χ4n) is 2.20. The van der Waals surface area contributed by atoms with Crippen molar-refractivity contribution in [1.82, 2.24) is 9.78 Å². The molecule has 1 N–H and O–H groups in total. The van der Waals surface area contributed by atoms with Crippen LogP contribution in [-0.2, 0) is 18.2 Å². The zero-order valence-electron chi connectivity index (χ0n) is 9.66. The Morgan fingerprint density at radius 1 is 1.62 bits per heavy atom. The second-order valence-corrected chi connectivity index (χ2v) is 5.40. The molecule has 1 saturated heterocycles. The van der Waals surface area contributed by atoms with Crippen LogP contribution in [0.25, 0.3) is 0 Å². The van der Waals surface area contributed by atoms with Crippen LogP contribution >= 0.6 is 15.9 Å². The first-order valence-electron chi connectivity index (χ1n) is 5.44. The minimum Gasteiger partial charge on any atom is -0.396 e. The number of halogens is 1. The third-order valence-corrected chi connectivity index (χ3v) is 4.36. The molecule has 90 valence electrons. The first-order chi connectivity index (χ1) is 7.58. The van der Waals surface area contributed by atoms with Crippen molar-refractivity contribution in [3.8, 4) is 0 Å². The number of rotatable bonds is 3. The van der Waals surface area contributed by atoms with Crippen LogP contribution in [0.15, 0.2) is 4.47 Å². The smallest absolute Gasteiger partial charge is 0.0738 e. The van der Waals surface area contributed by atoms with E-state index in [0.29, 0.717) is 6.61 Å². The molecule has 1 aliphatic rings. The highest BCUT2D eigenvalue weighted by molar-refractivity contribution is 9.10. The lowest BCUT2D eigenvalue weighted by molar-refractivity contribution is 0.0919. The van der Waals surface area contributed by atoms with Gasteiger partial charge >= 0.3 is 0 Å². The maximum absolute atomic E-state index is 9.54. The average molecular weight is 289 g/mol. The van der Waals surface area contributed by atoms with Crippen LogP contribution in [0, 0.1) is 12.3 Å². The summed E-state index contributed by atoms with van der Waals surface area (Å²) in [5.74, 6) is 0. The monoisotopic (exact) mass is 288 g/mol. The van der Waals surface area contributed by atoms with E-state index in [1.807, 2.05) is 18.7 Å². The van der Waals surface area contributed by atoms with Gasteiger partial charge in [0.2, 0.25) is 0 Å². The van der Waals surface area contributed by atoms with Crippen molar-refractivity contribution < 1.29 is 9.84 Å². The Labute approximate surface area is 104 Å². The van der Waals surface area contributed by atoms with Gasteiger partial charge in [0.1, 0.15) is 0 Å². The first kappa shape index (κ1) is 12.1. The largest absolute Gasteiger partial charge is 0.396 e. The maximum Gasteiger partial charge on any atom is 0.0738 e. The van der Waals surface area contributed by atoms with Gasteiger partial charge in [0.25, 0.3) is 0 Å². The summed E-state index contributed by atoms with van der Waals surface area (Å²) in [6.45, 7) is 3.53. The SMILES string of the molecule is Cc1nn(C)c(CC2(CO)CCOC2)c1Br. The summed E-state index contributed by atoms with van der Waals surface area (Å²) in [6, 6.07) is 0. The van der Waals surface area contributed by atoms with Gasteiger partial charge in [-0.05, 0) is 29.3 Å². The quantitative estimate of drug-likeness (QED) is 0.915. The van der Waals surface area contributed by atoms with Crippen molar-refractivity contribution in [2.45, 2.75) is 19.8 Å². The average Bonchev–Trinajstić information content (AvgIpc) is 2.81. The van der Waals surface area contributed by atoms with Crippen molar-refractivity contribution >= 4 is 15.9 Å². The molecule has 0 spiro atoms. The number of ether oxygens (including phenoxy) is 1. The van der Waals surface area contributed by atoms with Gasteiger partial charge in [0, 0.05) is 25.5 Å². The highest BCUT2D eigenvalue weighted by Gasteiger charge is 2.36. The van der Waals surface area contributed by atoms with Crippen LogP contribution in [0.2, 0.25) is 0 Å². The number of hydrogen-bond acceptors (Lipinski definition) is 3. The van der Waals surface area contributed by atoms with E-state index in [9.17, 15) is 5.11 Å². The molecule has 1 aliphatic heterocycles. The maximum atomic E-state index is 9.54. The molecule has 1 unspecified atom stereocenters. The molecule has 0 bridgehead atoms. The van der Waals surface area contributed by atoms with Crippen LogP contribution in [0.4, 0.5) is 0 Å². The van der Waals surface area contributed by atoms with Crippen molar-refractivity contribution in [2.75, 3.05) is 19.8 Å². The molecule has 2 heterocycles. The Kier molecular flexibility index (Phi) is 3.37. The Hall–Kier alpha value is -0.390. The van der Waals surface area contributed by atoms with Gasteiger partial charge in [0.05, 0.1) is 29.1 Å². The Morgan fingerprint density at radius 3 is 2.81 bits per heavy atom. The van der Waals surface area contributed by atoms with Gasteiger partial charge in [-0.3, -0.25) is 4.68 Å². The number of aromatic nitrogens is 2. The van der Waals surface area contributed by atoms with Gasteiger partial charge in [-0.1, -0.05) is 0 Å². The summed E-state index contributed by atoms with van der Waals surface area (Å²) >= 11 is 3.56. The van der Waals surface area contributed by atoms with Crippen molar-refractivity contribution in [3.63, 3.8) is 0 Å². The number of aliphatic hydroxyl groups excluding tert-OH is 1. The van der Waals surface area contributed by atoms with E-state index in [-0.39, 0.29) is 12.0 Å². The van der Waals surface area contributed by atoms with Gasteiger partial charge < -0.3 is 9.84 Å². The van der Waals surface area contributed by atoms with E-state index in [4.69, 9.17) is 4.74 Å². The molecular formula is C11H17BrN2O2. The minimum atomic E-state index is -0.122. The molecule has 1 fully saturated rings. The molecule has 0 amide bonds. The molecule has 0 aromatic carbocycles. The lowest BCUT2D eigenvalue weighted by atomic mass is 9.83. The highest BCUT2D eigenvalue weighted by Crippen LogP contribution is 2.34. The van der Waals surface area contributed by atoms with E-state index in [1.165, 1.54) is 0 Å². The van der Waals surface area contributed by atoms with Crippen LogP contribution in [-0.4, -0.2) is 34.7 Å². The Balaban J connectivity index is 2.25. The Morgan fingerprint density at radius 2 is 2.38 bits per heavy atom. The summed E-state index contributed by atoms with van der Waals surface area (Å²) < 4.78 is 8.34. The fraction of sp³-hybridized carbons (Fsp3) is 0.727. The van der Waals surface area contributed by atoms with Gasteiger partial charge in [0.15, 0.2) is 0 Å². The zero-order valence-corrected chi connectivity index (χ0v) is 11.2. The van der Waals surface area contributed by atoms with Crippen molar-refractivity contribution in [3.05, 3.63) is 15.9 Å². The van der Waals surface area contributed by atoms with E-state index in [1.54, 1.807) is 0 Å². The second kappa shape index (κ2) is 4.47. The van der Waals surface area contributed by atoms with Gasteiger partial charge in [-0.25, -0.2) is 0 Å². The highest BCUT2D eigenvalue weighted by atomic mass is 79.9. The third kappa shape index (κ3) is 2.04. The standard InChI is InChI=1S/C11H17BrN2O2/c1-8-10(12)9(14(2)13-8)5-11(6-15)3-4-16-7-11/h15H,3-7H2,1-2H3. The molecule has 1 atom stereocenters. The summed E-state index contributed by atoms with van der Waals surface area (Å²) in [7, 11) is 1.94. The molecule has 1 aromatic rings. The molecule has 0 aliphatic carbocycles. The number of aliphatic hydroxyl groups is 1. The molecule has 1 aromatic heterocycles. The van der Waals surface area contributed by atoms with Crippen molar-refractivity contribution in [2.24, 2.45) is 12.5 Å². The predicted molar refractivity (Wildman–Crippen MR) is 64.3 cm³/mol. The van der Waals surface area contributed by atoms with Crippen LogP contribution in [0.1, 0.15) is 17.8 Å². The lowest BCUT2D eigenvalue weighted by Crippen LogP contribution is -2.29. The van der Waals surface area contributed by atoms with Crippen molar-refractivity contribution in [1.29, 1.82) is 0 Å². The summed E-state index contributed by atoms with van der Waals surface area (Å²) in [4.78, 5) is 0. The summed E-state index contributed by atoms with van der Waals surface area (Å²) in [5, 5.41) is 13.9. The molecular weight excluding hydrogens is 272 g/mol. The number of nitrogens with zero attached hydrogens (tertiary/aromatic N) is 2. The zero-order chi connectivity index (χ0) is 11.8. The number of aryl methyl sites for hydroxylation is 2. The predicted octanol–water partition coefficient (Wildman–Crippen LogP) is 1.43. The van der Waals surface area contributed by atoms with E-state index >= 15 is 0 Å².